The Morgan fingerprint density at radius 2 is 2.11 bits per heavy atom. The minimum absolute atomic E-state index is 0.0240. The second-order valence-corrected chi connectivity index (χ2v) is 7.45. The summed E-state index contributed by atoms with van der Waals surface area (Å²) in [5.74, 6) is -0.367. The average molecular weight is 339 g/mol. The van der Waals surface area contributed by atoms with Crippen molar-refractivity contribution in [3.63, 3.8) is 0 Å². The van der Waals surface area contributed by atoms with E-state index in [0.29, 0.717) is 10.9 Å². The van der Waals surface area contributed by atoms with Crippen LogP contribution in [0, 0.1) is 5.82 Å². The summed E-state index contributed by atoms with van der Waals surface area (Å²) in [5, 5.41) is 9.84. The molecule has 0 aliphatic heterocycles. The molecule has 18 heavy (non-hydrogen) atoms. The van der Waals surface area contributed by atoms with Crippen LogP contribution in [0.5, 0.6) is 0 Å². The van der Waals surface area contributed by atoms with Gasteiger partial charge in [-0.05, 0) is 31.0 Å². The van der Waals surface area contributed by atoms with Crippen LogP contribution in [0.25, 0.3) is 0 Å². The number of halogens is 2. The van der Waals surface area contributed by atoms with Crippen LogP contribution in [0.4, 0.5) is 4.39 Å². The molecule has 6 heteroatoms. The van der Waals surface area contributed by atoms with Gasteiger partial charge in [-0.1, -0.05) is 22.9 Å². The first kappa shape index (κ1) is 15.6. The van der Waals surface area contributed by atoms with E-state index in [-0.39, 0.29) is 23.5 Å². The van der Waals surface area contributed by atoms with Crippen molar-refractivity contribution in [2.24, 2.45) is 0 Å². The SMILES string of the molecule is CCS(=O)(=O)CCCC(O)c1cc(Br)ccc1F. The van der Waals surface area contributed by atoms with E-state index in [1.165, 1.54) is 12.1 Å². The summed E-state index contributed by atoms with van der Waals surface area (Å²) in [6, 6.07) is 4.33. The molecule has 0 amide bonds. The van der Waals surface area contributed by atoms with Gasteiger partial charge in [0.2, 0.25) is 0 Å². The second kappa shape index (κ2) is 6.63. The third-order valence-electron chi connectivity index (χ3n) is 2.69. The van der Waals surface area contributed by atoms with Gasteiger partial charge in [0.15, 0.2) is 0 Å². The van der Waals surface area contributed by atoms with E-state index in [4.69, 9.17) is 0 Å². The molecule has 0 aliphatic carbocycles. The third-order valence-corrected chi connectivity index (χ3v) is 4.97. The monoisotopic (exact) mass is 338 g/mol. The molecule has 102 valence electrons. The van der Waals surface area contributed by atoms with Crippen molar-refractivity contribution in [3.05, 3.63) is 34.1 Å². The molecule has 1 rings (SSSR count). The Labute approximate surface area is 115 Å². The van der Waals surface area contributed by atoms with E-state index in [9.17, 15) is 17.9 Å². The molecule has 3 nitrogen and oxygen atoms in total. The van der Waals surface area contributed by atoms with Gasteiger partial charge < -0.3 is 5.11 Å². The molecule has 0 bridgehead atoms. The summed E-state index contributed by atoms with van der Waals surface area (Å²) in [5.41, 5.74) is 0.193. The van der Waals surface area contributed by atoms with Crippen molar-refractivity contribution >= 4 is 25.8 Å². The summed E-state index contributed by atoms with van der Waals surface area (Å²) in [6.07, 6.45) is -0.426. The lowest BCUT2D eigenvalue weighted by Gasteiger charge is -2.12. The van der Waals surface area contributed by atoms with Crippen LogP contribution in [0.2, 0.25) is 0 Å². The third kappa shape index (κ3) is 4.66. The number of benzene rings is 1. The van der Waals surface area contributed by atoms with Crippen LogP contribution in [-0.4, -0.2) is 25.0 Å². The van der Waals surface area contributed by atoms with Crippen LogP contribution in [0.3, 0.4) is 0 Å². The topological polar surface area (TPSA) is 54.4 Å². The Kier molecular flexibility index (Phi) is 5.75. The Morgan fingerprint density at radius 3 is 2.72 bits per heavy atom. The summed E-state index contributed by atoms with van der Waals surface area (Å²) in [4.78, 5) is 0. The first-order chi connectivity index (χ1) is 8.35. The van der Waals surface area contributed by atoms with Crippen LogP contribution in [-0.2, 0) is 9.84 Å². The molecule has 0 radical (unpaired) electrons. The summed E-state index contributed by atoms with van der Waals surface area (Å²) < 4.78 is 36.7. The number of hydrogen-bond acceptors (Lipinski definition) is 3. The van der Waals surface area contributed by atoms with Gasteiger partial charge in [0.25, 0.3) is 0 Å². The van der Waals surface area contributed by atoms with Crippen LogP contribution in [0.15, 0.2) is 22.7 Å². The molecule has 1 atom stereocenters. The number of sulfone groups is 1. The smallest absolute Gasteiger partial charge is 0.150 e. The van der Waals surface area contributed by atoms with Crippen LogP contribution >= 0.6 is 15.9 Å². The lowest BCUT2D eigenvalue weighted by Crippen LogP contribution is -2.10. The van der Waals surface area contributed by atoms with E-state index in [0.717, 1.165) is 0 Å². The zero-order chi connectivity index (χ0) is 13.8. The maximum Gasteiger partial charge on any atom is 0.150 e. The van der Waals surface area contributed by atoms with Gasteiger partial charge in [-0.3, -0.25) is 0 Å². The first-order valence-electron chi connectivity index (χ1n) is 5.69. The molecule has 0 spiro atoms. The highest BCUT2D eigenvalue weighted by atomic mass is 79.9. The zero-order valence-corrected chi connectivity index (χ0v) is 12.5. The van der Waals surface area contributed by atoms with Crippen molar-refractivity contribution in [1.82, 2.24) is 0 Å². The van der Waals surface area contributed by atoms with Gasteiger partial charge in [-0.2, -0.15) is 0 Å². The zero-order valence-electron chi connectivity index (χ0n) is 10.1. The molecule has 1 unspecified atom stereocenters. The van der Waals surface area contributed by atoms with Crippen LogP contribution in [0.1, 0.15) is 31.4 Å². The normalized spacial score (nSPS) is 13.6. The van der Waals surface area contributed by atoms with Crippen molar-refractivity contribution in [2.75, 3.05) is 11.5 Å². The molecule has 0 heterocycles. The minimum atomic E-state index is -3.03. The van der Waals surface area contributed by atoms with Crippen molar-refractivity contribution in [3.8, 4) is 0 Å². The largest absolute Gasteiger partial charge is 0.388 e. The maximum atomic E-state index is 13.4. The van der Waals surface area contributed by atoms with Gasteiger partial charge >= 0.3 is 0 Å². The Morgan fingerprint density at radius 1 is 1.44 bits per heavy atom. The molecule has 0 aromatic heterocycles. The summed E-state index contributed by atoms with van der Waals surface area (Å²) in [6.45, 7) is 1.58. The highest BCUT2D eigenvalue weighted by Crippen LogP contribution is 2.25. The number of hydrogen-bond donors (Lipinski definition) is 1. The molecule has 0 fully saturated rings. The fraction of sp³-hybridized carbons (Fsp3) is 0.500. The van der Waals surface area contributed by atoms with E-state index in [1.54, 1.807) is 13.0 Å². The molecule has 1 aromatic rings. The van der Waals surface area contributed by atoms with E-state index in [1.807, 2.05) is 0 Å². The lowest BCUT2D eigenvalue weighted by atomic mass is 10.1. The summed E-state index contributed by atoms with van der Waals surface area (Å²) >= 11 is 3.20. The van der Waals surface area contributed by atoms with E-state index < -0.39 is 21.8 Å². The van der Waals surface area contributed by atoms with Crippen molar-refractivity contribution in [2.45, 2.75) is 25.9 Å². The summed E-state index contributed by atoms with van der Waals surface area (Å²) in [7, 11) is -3.03. The minimum Gasteiger partial charge on any atom is -0.388 e. The predicted molar refractivity (Wildman–Crippen MR) is 72.6 cm³/mol. The fourth-order valence-electron chi connectivity index (χ4n) is 1.57. The molecule has 1 N–H and O–H groups in total. The lowest BCUT2D eigenvalue weighted by molar-refractivity contribution is 0.162. The Hall–Kier alpha value is -0.460. The molecular formula is C12H16BrFO3S. The average Bonchev–Trinajstić information content (AvgIpc) is 2.32. The Bertz CT molecular complexity index is 502. The Balaban J connectivity index is 2.61. The van der Waals surface area contributed by atoms with Crippen LogP contribution < -0.4 is 0 Å². The van der Waals surface area contributed by atoms with Gasteiger partial charge in [0.1, 0.15) is 15.7 Å². The first-order valence-corrected chi connectivity index (χ1v) is 8.30. The molecular weight excluding hydrogens is 323 g/mol. The number of aliphatic hydroxyl groups is 1. The van der Waals surface area contributed by atoms with Gasteiger partial charge in [0.05, 0.1) is 11.9 Å². The molecule has 0 saturated carbocycles. The standard InChI is InChI=1S/C12H16BrFO3S/c1-2-18(16,17)7-3-4-12(15)10-8-9(13)5-6-11(10)14/h5-6,8,12,15H,2-4,7H2,1H3. The molecule has 0 aliphatic rings. The molecule has 0 saturated heterocycles. The van der Waals surface area contributed by atoms with Crippen molar-refractivity contribution in [1.29, 1.82) is 0 Å². The molecule has 1 aromatic carbocycles. The van der Waals surface area contributed by atoms with Gasteiger partial charge in [-0.15, -0.1) is 0 Å². The van der Waals surface area contributed by atoms with Crippen molar-refractivity contribution < 1.29 is 17.9 Å². The number of aliphatic hydroxyl groups excluding tert-OH is 1. The fourth-order valence-corrected chi connectivity index (χ4v) is 2.84. The maximum absolute atomic E-state index is 13.4. The van der Waals surface area contributed by atoms with Gasteiger partial charge in [0, 0.05) is 15.8 Å². The quantitative estimate of drug-likeness (QED) is 0.867. The van der Waals surface area contributed by atoms with E-state index >= 15 is 0 Å². The predicted octanol–water partition coefficient (Wildman–Crippen LogP) is 2.84. The van der Waals surface area contributed by atoms with E-state index in [2.05, 4.69) is 15.9 Å². The highest BCUT2D eigenvalue weighted by Gasteiger charge is 2.15. The number of rotatable bonds is 6. The van der Waals surface area contributed by atoms with Gasteiger partial charge in [-0.25, -0.2) is 12.8 Å². The second-order valence-electron chi connectivity index (χ2n) is 4.06. The highest BCUT2D eigenvalue weighted by molar-refractivity contribution is 9.10.